The molecule has 3 N–H and O–H groups in total. The number of carbonyl (C=O) groups is 1. The molecule has 110 valence electrons. The third-order valence-corrected chi connectivity index (χ3v) is 4.14. The molecule has 0 spiro atoms. The highest BCUT2D eigenvalue weighted by Crippen LogP contribution is 2.37. The number of benzene rings is 1. The van der Waals surface area contributed by atoms with Crippen LogP contribution in [0.1, 0.15) is 11.5 Å². The predicted octanol–water partition coefficient (Wildman–Crippen LogP) is -0.0118. The fourth-order valence-electron chi connectivity index (χ4n) is 2.04. The molecule has 1 aromatic carbocycles. The number of nitrogens with two attached hydrogens (primary N) is 1. The van der Waals surface area contributed by atoms with Crippen LogP contribution in [0.5, 0.6) is 11.5 Å². The van der Waals surface area contributed by atoms with Gasteiger partial charge in [-0.2, -0.15) is 0 Å². The Morgan fingerprint density at radius 2 is 1.90 bits per heavy atom. The van der Waals surface area contributed by atoms with E-state index in [0.717, 1.165) is 6.26 Å². The summed E-state index contributed by atoms with van der Waals surface area (Å²) in [7, 11) is -3.61. The van der Waals surface area contributed by atoms with Crippen molar-refractivity contribution in [3.63, 3.8) is 0 Å². The Labute approximate surface area is 116 Å². The summed E-state index contributed by atoms with van der Waals surface area (Å²) in [6.07, 6.45) is 1.01. The maximum Gasteiger partial charge on any atom is 0.312 e. The summed E-state index contributed by atoms with van der Waals surface area (Å²) in [5.41, 5.74) is 5.56. The first-order chi connectivity index (χ1) is 9.34. The Hall–Kier alpha value is -1.80. The van der Waals surface area contributed by atoms with Gasteiger partial charge in [-0.25, -0.2) is 8.42 Å². The molecule has 2 rings (SSSR count). The number of fused-ring (bicyclic) bond motifs is 1. The van der Waals surface area contributed by atoms with Crippen LogP contribution in [-0.2, 0) is 14.6 Å². The van der Waals surface area contributed by atoms with Gasteiger partial charge in [0, 0.05) is 18.9 Å². The van der Waals surface area contributed by atoms with Gasteiger partial charge in [0.15, 0.2) is 21.3 Å². The quantitative estimate of drug-likeness (QED) is 0.803. The van der Waals surface area contributed by atoms with Gasteiger partial charge in [-0.1, -0.05) is 0 Å². The van der Waals surface area contributed by atoms with Crippen LogP contribution in [0.25, 0.3) is 0 Å². The van der Waals surface area contributed by atoms with Crippen molar-refractivity contribution in [2.45, 2.75) is 10.8 Å². The highest BCUT2D eigenvalue weighted by Gasteiger charge is 2.28. The molecule has 0 saturated carbocycles. The molecule has 1 aliphatic heterocycles. The van der Waals surface area contributed by atoms with Gasteiger partial charge in [0.2, 0.25) is 0 Å². The highest BCUT2D eigenvalue weighted by molar-refractivity contribution is 7.90. The summed E-state index contributed by atoms with van der Waals surface area (Å²) in [6, 6.07) is 2.68. The van der Waals surface area contributed by atoms with Crippen LogP contribution in [0.15, 0.2) is 17.0 Å². The van der Waals surface area contributed by atoms with E-state index in [2.05, 4.69) is 0 Å². The van der Waals surface area contributed by atoms with E-state index < -0.39 is 21.7 Å². The molecule has 0 saturated heterocycles. The van der Waals surface area contributed by atoms with Crippen LogP contribution < -0.4 is 15.2 Å². The van der Waals surface area contributed by atoms with Gasteiger partial charge >= 0.3 is 5.97 Å². The van der Waals surface area contributed by atoms with Crippen LogP contribution in [0, 0.1) is 0 Å². The van der Waals surface area contributed by atoms with E-state index in [-0.39, 0.29) is 17.0 Å². The molecule has 1 aromatic rings. The molecule has 1 atom stereocenters. The summed E-state index contributed by atoms with van der Waals surface area (Å²) in [5, 5.41) is 9.17. The van der Waals surface area contributed by atoms with Crippen LogP contribution >= 0.6 is 0 Å². The Balaban J connectivity index is 2.67. The topological polar surface area (TPSA) is 116 Å². The summed E-state index contributed by atoms with van der Waals surface area (Å²) in [6.45, 7) is 0.428. The summed E-state index contributed by atoms with van der Waals surface area (Å²) >= 11 is 0. The molecule has 0 aliphatic carbocycles. The number of aliphatic carboxylic acids is 1. The normalized spacial score (nSPS) is 15.7. The maximum atomic E-state index is 11.9. The SMILES string of the molecule is CS(=O)(=O)c1cc2c(cc1C(CN)C(=O)O)OCCO2. The third-order valence-electron chi connectivity index (χ3n) is 2.98. The number of carboxylic acids is 1. The standard InChI is InChI=1S/C12H15NO6S/c1-20(16,17)11-5-10-9(18-2-3-19-10)4-7(11)8(6-13)12(14)15/h4-5,8H,2-3,6,13H2,1H3,(H,14,15). The van der Waals surface area contributed by atoms with Crippen LogP contribution in [0.3, 0.4) is 0 Å². The Morgan fingerprint density at radius 3 is 2.35 bits per heavy atom. The maximum absolute atomic E-state index is 11.9. The Kier molecular flexibility index (Phi) is 3.87. The van der Waals surface area contributed by atoms with E-state index in [1.54, 1.807) is 0 Å². The van der Waals surface area contributed by atoms with E-state index in [4.69, 9.17) is 15.2 Å². The minimum Gasteiger partial charge on any atom is -0.486 e. The van der Waals surface area contributed by atoms with Gasteiger partial charge in [-0.3, -0.25) is 4.79 Å². The molecule has 1 heterocycles. The lowest BCUT2D eigenvalue weighted by Crippen LogP contribution is -2.24. The summed E-state index contributed by atoms with van der Waals surface area (Å²) < 4.78 is 34.4. The number of rotatable bonds is 4. The molecular formula is C12H15NO6S. The van der Waals surface area contributed by atoms with Crippen molar-refractivity contribution in [1.29, 1.82) is 0 Å². The fraction of sp³-hybridized carbons (Fsp3) is 0.417. The van der Waals surface area contributed by atoms with Gasteiger partial charge in [0.05, 0.1) is 10.8 Å². The van der Waals surface area contributed by atoms with E-state index in [0.29, 0.717) is 24.7 Å². The smallest absolute Gasteiger partial charge is 0.312 e. The zero-order valence-corrected chi connectivity index (χ0v) is 11.6. The van der Waals surface area contributed by atoms with E-state index >= 15 is 0 Å². The van der Waals surface area contributed by atoms with Crippen molar-refractivity contribution in [2.24, 2.45) is 5.73 Å². The molecular weight excluding hydrogens is 286 g/mol. The molecule has 0 fully saturated rings. The third kappa shape index (κ3) is 2.70. The molecule has 20 heavy (non-hydrogen) atoms. The highest BCUT2D eigenvalue weighted by atomic mass is 32.2. The monoisotopic (exact) mass is 301 g/mol. The lowest BCUT2D eigenvalue weighted by molar-refractivity contribution is -0.138. The van der Waals surface area contributed by atoms with Crippen LogP contribution in [0.4, 0.5) is 0 Å². The first-order valence-electron chi connectivity index (χ1n) is 5.91. The fourth-order valence-corrected chi connectivity index (χ4v) is 2.99. The van der Waals surface area contributed by atoms with E-state index in [1.165, 1.54) is 12.1 Å². The van der Waals surface area contributed by atoms with Crippen molar-refractivity contribution in [2.75, 3.05) is 26.0 Å². The number of hydrogen-bond acceptors (Lipinski definition) is 6. The van der Waals surface area contributed by atoms with E-state index in [9.17, 15) is 18.3 Å². The van der Waals surface area contributed by atoms with Crippen molar-refractivity contribution in [1.82, 2.24) is 0 Å². The number of hydrogen-bond donors (Lipinski definition) is 2. The second-order valence-electron chi connectivity index (χ2n) is 4.43. The summed E-state index contributed by atoms with van der Waals surface area (Å²) in [5.74, 6) is -1.68. The molecule has 1 unspecified atom stereocenters. The first-order valence-corrected chi connectivity index (χ1v) is 7.80. The second-order valence-corrected chi connectivity index (χ2v) is 6.42. The van der Waals surface area contributed by atoms with Gasteiger partial charge in [0.25, 0.3) is 0 Å². The van der Waals surface area contributed by atoms with Crippen molar-refractivity contribution < 1.29 is 27.8 Å². The average molecular weight is 301 g/mol. The molecule has 0 radical (unpaired) electrons. The largest absolute Gasteiger partial charge is 0.486 e. The minimum atomic E-state index is -3.61. The predicted molar refractivity (Wildman–Crippen MR) is 70.0 cm³/mol. The van der Waals surface area contributed by atoms with Crippen LogP contribution in [0.2, 0.25) is 0 Å². The zero-order valence-electron chi connectivity index (χ0n) is 10.8. The molecule has 8 heteroatoms. The lowest BCUT2D eigenvalue weighted by atomic mass is 9.98. The molecule has 7 nitrogen and oxygen atoms in total. The van der Waals surface area contributed by atoms with Crippen molar-refractivity contribution in [3.8, 4) is 11.5 Å². The van der Waals surface area contributed by atoms with Gasteiger partial charge in [0.1, 0.15) is 13.2 Å². The Morgan fingerprint density at radius 1 is 1.35 bits per heavy atom. The molecule has 0 bridgehead atoms. The summed E-state index contributed by atoms with van der Waals surface area (Å²) in [4.78, 5) is 11.1. The van der Waals surface area contributed by atoms with Gasteiger partial charge in [-0.15, -0.1) is 0 Å². The first kappa shape index (κ1) is 14.6. The van der Waals surface area contributed by atoms with Gasteiger partial charge < -0.3 is 20.3 Å². The lowest BCUT2D eigenvalue weighted by Gasteiger charge is -2.22. The van der Waals surface area contributed by atoms with Crippen LogP contribution in [-0.4, -0.2) is 45.5 Å². The molecule has 1 aliphatic rings. The molecule has 0 aromatic heterocycles. The zero-order chi connectivity index (χ0) is 14.9. The average Bonchev–Trinajstić information content (AvgIpc) is 2.37. The molecule has 0 amide bonds. The Bertz CT molecular complexity index is 640. The second kappa shape index (κ2) is 5.29. The van der Waals surface area contributed by atoms with E-state index in [1.807, 2.05) is 0 Å². The van der Waals surface area contributed by atoms with Crippen molar-refractivity contribution >= 4 is 15.8 Å². The number of sulfone groups is 1. The van der Waals surface area contributed by atoms with Crippen molar-refractivity contribution in [3.05, 3.63) is 17.7 Å². The van der Waals surface area contributed by atoms with Gasteiger partial charge in [-0.05, 0) is 11.6 Å². The minimum absolute atomic E-state index is 0.0976. The number of carboxylic acid groups (broad SMARTS) is 1. The number of ether oxygens (including phenoxy) is 2.